The zero-order chi connectivity index (χ0) is 9.64. The van der Waals surface area contributed by atoms with E-state index in [1.54, 1.807) is 18.7 Å². The second-order valence-corrected chi connectivity index (χ2v) is 4.48. The summed E-state index contributed by atoms with van der Waals surface area (Å²) >= 11 is 0. The molecule has 0 aromatic rings. The minimum Gasteiger partial charge on any atom is -0.332 e. The number of hydrogen-bond acceptors (Lipinski definition) is 2. The van der Waals surface area contributed by atoms with Crippen LogP contribution >= 0.6 is 0 Å². The number of ketones is 1. The normalized spacial score (nSPS) is 29.4. The van der Waals surface area contributed by atoms with Gasteiger partial charge in [-0.15, -0.1) is 0 Å². The van der Waals surface area contributed by atoms with Crippen LogP contribution in [0.4, 0.5) is 0 Å². The molecule has 3 nitrogen and oxygen atoms in total. The van der Waals surface area contributed by atoms with Gasteiger partial charge in [-0.3, -0.25) is 9.59 Å². The van der Waals surface area contributed by atoms with E-state index in [0.29, 0.717) is 5.41 Å². The number of carbonyl (C=O) groups is 2. The van der Waals surface area contributed by atoms with Crippen LogP contribution in [0, 0.1) is 5.41 Å². The predicted octanol–water partition coefficient (Wildman–Crippen LogP) is 0.976. The van der Waals surface area contributed by atoms with Gasteiger partial charge in [0.25, 0.3) is 0 Å². The van der Waals surface area contributed by atoms with Crippen molar-refractivity contribution in [3.63, 3.8) is 0 Å². The van der Waals surface area contributed by atoms with E-state index in [0.717, 1.165) is 13.0 Å². The van der Waals surface area contributed by atoms with Crippen LogP contribution in [0.25, 0.3) is 0 Å². The van der Waals surface area contributed by atoms with Crippen molar-refractivity contribution in [1.82, 2.24) is 4.90 Å². The van der Waals surface area contributed by atoms with Crippen molar-refractivity contribution in [2.45, 2.75) is 39.2 Å². The summed E-state index contributed by atoms with van der Waals surface area (Å²) in [5.74, 6) is 0.183. The molecule has 0 N–H and O–H groups in total. The van der Waals surface area contributed by atoms with E-state index in [1.165, 1.54) is 12.8 Å². The van der Waals surface area contributed by atoms with E-state index in [-0.39, 0.29) is 17.7 Å². The van der Waals surface area contributed by atoms with Gasteiger partial charge in [-0.25, -0.2) is 0 Å². The first-order chi connectivity index (χ1) is 6.04. The highest BCUT2D eigenvalue weighted by molar-refractivity contribution is 5.87. The Labute approximate surface area is 78.1 Å². The summed E-state index contributed by atoms with van der Waals surface area (Å²) in [6, 6.07) is -0.125. The van der Waals surface area contributed by atoms with Crippen molar-refractivity contribution in [3.8, 4) is 0 Å². The van der Waals surface area contributed by atoms with Gasteiger partial charge in [0, 0.05) is 13.5 Å². The molecule has 0 unspecified atom stereocenters. The molecule has 2 aliphatic rings. The molecule has 1 amide bonds. The molecule has 3 heteroatoms. The van der Waals surface area contributed by atoms with Gasteiger partial charge in [-0.2, -0.15) is 0 Å². The Hall–Kier alpha value is -0.860. The van der Waals surface area contributed by atoms with E-state index in [1.807, 2.05) is 0 Å². The molecule has 1 spiro atoms. The summed E-state index contributed by atoms with van der Waals surface area (Å²) in [6.07, 6.45) is 3.29. The third-order valence-electron chi connectivity index (χ3n) is 3.34. The number of amides is 1. The molecule has 0 aromatic heterocycles. The average molecular weight is 181 g/mol. The molecule has 1 saturated carbocycles. The van der Waals surface area contributed by atoms with Gasteiger partial charge in [-0.05, 0) is 31.6 Å². The van der Waals surface area contributed by atoms with E-state index < -0.39 is 0 Å². The minimum atomic E-state index is -0.125. The van der Waals surface area contributed by atoms with Gasteiger partial charge >= 0.3 is 0 Å². The summed E-state index contributed by atoms with van der Waals surface area (Å²) in [6.45, 7) is 3.95. The monoisotopic (exact) mass is 181 g/mol. The second kappa shape index (κ2) is 2.56. The largest absolute Gasteiger partial charge is 0.332 e. The van der Waals surface area contributed by atoms with Crippen LogP contribution in [0.5, 0.6) is 0 Å². The number of likely N-dealkylation sites (tertiary alicyclic amines) is 1. The molecule has 13 heavy (non-hydrogen) atoms. The maximum absolute atomic E-state index is 11.3. The molecular weight excluding hydrogens is 166 g/mol. The third kappa shape index (κ3) is 1.36. The van der Waals surface area contributed by atoms with Crippen LogP contribution in [0.15, 0.2) is 0 Å². The first-order valence-electron chi connectivity index (χ1n) is 4.82. The second-order valence-electron chi connectivity index (χ2n) is 4.48. The standard InChI is InChI=1S/C10H15NO2/c1-7(12)9-5-10(3-4-10)6-11(9)8(2)13/h9H,3-6H2,1-2H3/t9-/m0/s1. The zero-order valence-electron chi connectivity index (χ0n) is 8.17. The van der Waals surface area contributed by atoms with E-state index >= 15 is 0 Å². The molecule has 72 valence electrons. The van der Waals surface area contributed by atoms with Gasteiger partial charge in [0.15, 0.2) is 5.78 Å². The van der Waals surface area contributed by atoms with Gasteiger partial charge in [0.2, 0.25) is 5.91 Å². The molecule has 0 bridgehead atoms. The fourth-order valence-corrected chi connectivity index (χ4v) is 2.29. The van der Waals surface area contributed by atoms with Crippen LogP contribution in [0.1, 0.15) is 33.1 Å². The lowest BCUT2D eigenvalue weighted by atomic mass is 10.0. The van der Waals surface area contributed by atoms with Crippen molar-refractivity contribution in [2.75, 3.05) is 6.54 Å². The van der Waals surface area contributed by atoms with E-state index in [2.05, 4.69) is 0 Å². The molecule has 1 atom stereocenters. The molecule has 2 rings (SSSR count). The Bertz CT molecular complexity index is 244. The van der Waals surface area contributed by atoms with Crippen LogP contribution in [0.2, 0.25) is 0 Å². The fourth-order valence-electron chi connectivity index (χ4n) is 2.29. The van der Waals surface area contributed by atoms with Crippen LogP contribution in [0.3, 0.4) is 0 Å². The summed E-state index contributed by atoms with van der Waals surface area (Å²) in [7, 11) is 0. The number of Topliss-reactive ketones (excluding diaryl/α,β-unsaturated/α-hetero) is 1. The Balaban J connectivity index is 2.16. The van der Waals surface area contributed by atoms with Crippen molar-refractivity contribution in [2.24, 2.45) is 5.41 Å². The van der Waals surface area contributed by atoms with E-state index in [9.17, 15) is 9.59 Å². The average Bonchev–Trinajstić information content (AvgIpc) is 2.60. The fraction of sp³-hybridized carbons (Fsp3) is 0.800. The first kappa shape index (κ1) is 8.73. The zero-order valence-corrected chi connectivity index (χ0v) is 8.17. The number of carbonyl (C=O) groups excluding carboxylic acids is 2. The van der Waals surface area contributed by atoms with Crippen molar-refractivity contribution in [1.29, 1.82) is 0 Å². The van der Waals surface area contributed by atoms with Crippen LogP contribution < -0.4 is 0 Å². The molecule has 0 radical (unpaired) electrons. The summed E-state index contributed by atoms with van der Waals surface area (Å²) in [5, 5.41) is 0. The molecule has 1 saturated heterocycles. The molecule has 1 aliphatic carbocycles. The van der Waals surface area contributed by atoms with Crippen LogP contribution in [-0.4, -0.2) is 29.2 Å². The Morgan fingerprint density at radius 2 is 1.92 bits per heavy atom. The number of hydrogen-bond donors (Lipinski definition) is 0. The van der Waals surface area contributed by atoms with E-state index in [4.69, 9.17) is 0 Å². The van der Waals surface area contributed by atoms with Gasteiger partial charge in [0.1, 0.15) is 0 Å². The highest BCUT2D eigenvalue weighted by Gasteiger charge is 2.53. The topological polar surface area (TPSA) is 37.4 Å². The van der Waals surface area contributed by atoms with Gasteiger partial charge in [-0.1, -0.05) is 0 Å². The first-order valence-corrected chi connectivity index (χ1v) is 4.82. The van der Waals surface area contributed by atoms with Crippen molar-refractivity contribution < 1.29 is 9.59 Å². The SMILES string of the molecule is CC(=O)[C@@H]1CC2(CC2)CN1C(C)=O. The molecule has 1 aliphatic heterocycles. The maximum atomic E-state index is 11.3. The van der Waals surface area contributed by atoms with Crippen LogP contribution in [-0.2, 0) is 9.59 Å². The lowest BCUT2D eigenvalue weighted by Crippen LogP contribution is -2.38. The Morgan fingerprint density at radius 1 is 1.31 bits per heavy atom. The molecule has 1 heterocycles. The quantitative estimate of drug-likeness (QED) is 0.604. The number of rotatable bonds is 1. The van der Waals surface area contributed by atoms with Gasteiger partial charge < -0.3 is 4.90 Å². The molecule has 0 aromatic carbocycles. The highest BCUT2D eigenvalue weighted by Crippen LogP contribution is 2.54. The lowest BCUT2D eigenvalue weighted by Gasteiger charge is -2.20. The Morgan fingerprint density at radius 3 is 2.23 bits per heavy atom. The molecule has 2 fully saturated rings. The summed E-state index contributed by atoms with van der Waals surface area (Å²) in [4.78, 5) is 24.3. The van der Waals surface area contributed by atoms with Crippen molar-refractivity contribution >= 4 is 11.7 Å². The highest BCUT2D eigenvalue weighted by atomic mass is 16.2. The lowest BCUT2D eigenvalue weighted by molar-refractivity contribution is -0.135. The minimum absolute atomic E-state index is 0.0453. The third-order valence-corrected chi connectivity index (χ3v) is 3.34. The predicted molar refractivity (Wildman–Crippen MR) is 48.1 cm³/mol. The summed E-state index contributed by atoms with van der Waals surface area (Å²) < 4.78 is 0. The van der Waals surface area contributed by atoms with Crippen molar-refractivity contribution in [3.05, 3.63) is 0 Å². The van der Waals surface area contributed by atoms with Gasteiger partial charge in [0.05, 0.1) is 6.04 Å². The number of nitrogens with zero attached hydrogens (tertiary/aromatic N) is 1. The summed E-state index contributed by atoms with van der Waals surface area (Å²) in [5.41, 5.74) is 0.335. The molecular formula is C10H15NO2. The Kier molecular flexibility index (Phi) is 1.72. The maximum Gasteiger partial charge on any atom is 0.220 e. The smallest absolute Gasteiger partial charge is 0.220 e.